The van der Waals surface area contributed by atoms with Crippen molar-refractivity contribution in [2.24, 2.45) is 5.92 Å². The van der Waals surface area contributed by atoms with Crippen LogP contribution >= 0.6 is 11.6 Å². The summed E-state index contributed by atoms with van der Waals surface area (Å²) >= 11 is 6.15. The van der Waals surface area contributed by atoms with E-state index in [4.69, 9.17) is 16.9 Å². The maximum Gasteiger partial charge on any atom is 0.124 e. The molecule has 1 aliphatic rings. The van der Waals surface area contributed by atoms with Gasteiger partial charge in [0.15, 0.2) is 0 Å². The second kappa shape index (κ2) is 5.99. The van der Waals surface area contributed by atoms with Crippen LogP contribution in [0.2, 0.25) is 5.02 Å². The van der Waals surface area contributed by atoms with Gasteiger partial charge in [0, 0.05) is 24.0 Å². The molecule has 1 unspecified atom stereocenters. The molecule has 3 nitrogen and oxygen atoms in total. The zero-order valence-electron chi connectivity index (χ0n) is 10.1. The number of hydrogen-bond donors (Lipinski definition) is 0. The maximum absolute atomic E-state index is 10.8. The van der Waals surface area contributed by atoms with Crippen LogP contribution in [0.15, 0.2) is 18.2 Å². The van der Waals surface area contributed by atoms with Crippen molar-refractivity contribution in [3.63, 3.8) is 0 Å². The monoisotopic (exact) mass is 262 g/mol. The summed E-state index contributed by atoms with van der Waals surface area (Å²) < 4.78 is 0. The molecule has 94 valence electrons. The molecular formula is C14H15ClN2O. The highest BCUT2D eigenvalue weighted by Crippen LogP contribution is 2.22. The smallest absolute Gasteiger partial charge is 0.124 e. The van der Waals surface area contributed by atoms with Crippen molar-refractivity contribution in [1.82, 2.24) is 4.90 Å². The highest BCUT2D eigenvalue weighted by atomic mass is 35.5. The Morgan fingerprint density at radius 1 is 1.56 bits per heavy atom. The lowest BCUT2D eigenvalue weighted by molar-refractivity contribution is -0.112. The Labute approximate surface area is 112 Å². The van der Waals surface area contributed by atoms with Crippen molar-refractivity contribution in [2.45, 2.75) is 19.4 Å². The molecule has 1 heterocycles. The lowest BCUT2D eigenvalue weighted by Gasteiger charge is -2.30. The number of likely N-dealkylation sites (tertiary alicyclic amines) is 1. The number of hydrogen-bond acceptors (Lipinski definition) is 3. The lowest BCUT2D eigenvalue weighted by atomic mass is 9.99. The minimum atomic E-state index is 0.149. The Kier molecular flexibility index (Phi) is 4.35. The Morgan fingerprint density at radius 2 is 2.39 bits per heavy atom. The molecule has 1 atom stereocenters. The van der Waals surface area contributed by atoms with Gasteiger partial charge < -0.3 is 4.79 Å². The Hall–Kier alpha value is -1.37. The van der Waals surface area contributed by atoms with Crippen LogP contribution in [-0.2, 0) is 11.3 Å². The molecule has 0 radical (unpaired) electrons. The zero-order chi connectivity index (χ0) is 13.0. The Balaban J connectivity index is 2.05. The quantitative estimate of drug-likeness (QED) is 0.787. The molecule has 0 saturated carbocycles. The Morgan fingerprint density at radius 3 is 3.06 bits per heavy atom. The normalized spacial score (nSPS) is 20.3. The molecule has 0 spiro atoms. The number of nitrogens with zero attached hydrogens (tertiary/aromatic N) is 2. The van der Waals surface area contributed by atoms with Crippen LogP contribution in [0.3, 0.4) is 0 Å². The fraction of sp³-hybridized carbons (Fsp3) is 0.429. The maximum atomic E-state index is 10.8. The van der Waals surface area contributed by atoms with E-state index in [9.17, 15) is 4.79 Å². The predicted molar refractivity (Wildman–Crippen MR) is 70.2 cm³/mol. The molecule has 0 aromatic heterocycles. The van der Waals surface area contributed by atoms with Crippen LogP contribution in [0.5, 0.6) is 0 Å². The minimum Gasteiger partial charge on any atom is -0.303 e. The van der Waals surface area contributed by atoms with Gasteiger partial charge in [-0.3, -0.25) is 4.90 Å². The van der Waals surface area contributed by atoms with Crippen LogP contribution in [0.25, 0.3) is 0 Å². The van der Waals surface area contributed by atoms with E-state index in [1.54, 1.807) is 12.1 Å². The molecule has 1 aromatic rings. The fourth-order valence-corrected chi connectivity index (χ4v) is 2.57. The van der Waals surface area contributed by atoms with Gasteiger partial charge in [-0.2, -0.15) is 5.26 Å². The van der Waals surface area contributed by atoms with Gasteiger partial charge >= 0.3 is 0 Å². The summed E-state index contributed by atoms with van der Waals surface area (Å²) in [5.41, 5.74) is 1.59. The Bertz CT molecular complexity index is 481. The molecule has 1 fully saturated rings. The average molecular weight is 263 g/mol. The van der Waals surface area contributed by atoms with Crippen molar-refractivity contribution >= 4 is 17.9 Å². The molecule has 1 saturated heterocycles. The highest BCUT2D eigenvalue weighted by molar-refractivity contribution is 6.31. The van der Waals surface area contributed by atoms with E-state index in [-0.39, 0.29) is 5.92 Å². The first-order valence-electron chi connectivity index (χ1n) is 6.09. The highest BCUT2D eigenvalue weighted by Gasteiger charge is 2.19. The van der Waals surface area contributed by atoms with Crippen LogP contribution in [0, 0.1) is 17.2 Å². The first kappa shape index (κ1) is 13.1. The second-order valence-corrected chi connectivity index (χ2v) is 5.10. The van der Waals surface area contributed by atoms with Gasteiger partial charge in [-0.05, 0) is 37.1 Å². The molecule has 18 heavy (non-hydrogen) atoms. The van der Waals surface area contributed by atoms with E-state index < -0.39 is 0 Å². The zero-order valence-corrected chi connectivity index (χ0v) is 10.9. The van der Waals surface area contributed by atoms with Crippen molar-refractivity contribution in [3.05, 3.63) is 34.3 Å². The second-order valence-electron chi connectivity index (χ2n) is 4.69. The number of rotatable bonds is 3. The fourth-order valence-electron chi connectivity index (χ4n) is 2.33. The molecule has 1 aliphatic heterocycles. The minimum absolute atomic E-state index is 0.149. The van der Waals surface area contributed by atoms with Crippen LogP contribution < -0.4 is 0 Å². The molecule has 4 heteroatoms. The van der Waals surface area contributed by atoms with E-state index in [2.05, 4.69) is 11.0 Å². The van der Waals surface area contributed by atoms with Crippen molar-refractivity contribution in [1.29, 1.82) is 5.26 Å². The van der Waals surface area contributed by atoms with E-state index in [1.807, 2.05) is 6.07 Å². The van der Waals surface area contributed by atoms with E-state index >= 15 is 0 Å². The lowest BCUT2D eigenvalue weighted by Crippen LogP contribution is -2.35. The van der Waals surface area contributed by atoms with Gasteiger partial charge in [0.1, 0.15) is 6.29 Å². The van der Waals surface area contributed by atoms with E-state index in [0.29, 0.717) is 10.6 Å². The van der Waals surface area contributed by atoms with Crippen LogP contribution in [0.1, 0.15) is 24.0 Å². The van der Waals surface area contributed by atoms with Crippen molar-refractivity contribution < 1.29 is 4.79 Å². The SMILES string of the molecule is N#Cc1ccc(CN2CCCC(C=O)C2)c(Cl)c1. The van der Waals surface area contributed by atoms with Crippen LogP contribution in [0.4, 0.5) is 0 Å². The van der Waals surface area contributed by atoms with Crippen LogP contribution in [-0.4, -0.2) is 24.3 Å². The average Bonchev–Trinajstić information content (AvgIpc) is 2.41. The third-order valence-electron chi connectivity index (χ3n) is 3.31. The largest absolute Gasteiger partial charge is 0.303 e. The first-order chi connectivity index (χ1) is 8.72. The number of halogens is 1. The molecule has 0 N–H and O–H groups in total. The third-order valence-corrected chi connectivity index (χ3v) is 3.66. The summed E-state index contributed by atoms with van der Waals surface area (Å²) in [6, 6.07) is 7.44. The van der Waals surface area contributed by atoms with Gasteiger partial charge in [-0.25, -0.2) is 0 Å². The van der Waals surface area contributed by atoms with Gasteiger partial charge in [0.2, 0.25) is 0 Å². The predicted octanol–water partition coefficient (Wildman–Crippen LogP) is 2.62. The summed E-state index contributed by atoms with van der Waals surface area (Å²) in [7, 11) is 0. The molecule has 1 aromatic carbocycles. The summed E-state index contributed by atoms with van der Waals surface area (Å²) in [5.74, 6) is 0.149. The number of aldehydes is 1. The summed E-state index contributed by atoms with van der Waals surface area (Å²) in [5, 5.41) is 9.41. The van der Waals surface area contributed by atoms with Gasteiger partial charge in [0.05, 0.1) is 11.6 Å². The molecule has 0 amide bonds. The van der Waals surface area contributed by atoms with Gasteiger partial charge in [-0.1, -0.05) is 17.7 Å². The number of piperidine rings is 1. The number of nitriles is 1. The standard InChI is InChI=1S/C14H15ClN2O/c15-14-6-11(7-16)3-4-13(14)9-17-5-1-2-12(8-17)10-18/h3-4,6,10,12H,1-2,5,8-9H2. The van der Waals surface area contributed by atoms with Crippen molar-refractivity contribution in [2.75, 3.05) is 13.1 Å². The number of benzene rings is 1. The van der Waals surface area contributed by atoms with E-state index in [1.165, 1.54) is 0 Å². The summed E-state index contributed by atoms with van der Waals surface area (Å²) in [6.45, 7) is 2.55. The summed E-state index contributed by atoms with van der Waals surface area (Å²) in [6.07, 6.45) is 3.09. The number of carbonyl (C=O) groups excluding carboxylic acids is 1. The summed E-state index contributed by atoms with van der Waals surface area (Å²) in [4.78, 5) is 13.1. The molecular weight excluding hydrogens is 248 g/mol. The molecule has 0 aliphatic carbocycles. The third kappa shape index (κ3) is 3.10. The molecule has 2 rings (SSSR count). The first-order valence-corrected chi connectivity index (χ1v) is 6.47. The van der Waals surface area contributed by atoms with E-state index in [0.717, 1.165) is 44.3 Å². The molecule has 0 bridgehead atoms. The number of carbonyl (C=O) groups is 1. The van der Waals surface area contributed by atoms with Gasteiger partial charge in [0.25, 0.3) is 0 Å². The van der Waals surface area contributed by atoms with Crippen molar-refractivity contribution in [3.8, 4) is 6.07 Å². The van der Waals surface area contributed by atoms with Gasteiger partial charge in [-0.15, -0.1) is 0 Å². The topological polar surface area (TPSA) is 44.1 Å².